The predicted octanol–water partition coefficient (Wildman–Crippen LogP) is 9.00. The van der Waals surface area contributed by atoms with Crippen LogP contribution in [0.5, 0.6) is 34.5 Å². The Hall–Kier alpha value is -7.74. The number of nitrogens with two attached hydrogens (primary N) is 3. The third-order valence-electron chi connectivity index (χ3n) is 10.6. The summed E-state index contributed by atoms with van der Waals surface area (Å²) in [5, 5.41) is 34.8. The number of rotatable bonds is 26. The number of para-hydroxylation sites is 3. The molecule has 0 aromatic heterocycles. The first-order valence-electron chi connectivity index (χ1n) is 23.7. The first kappa shape index (κ1) is 59.1. The van der Waals surface area contributed by atoms with Crippen LogP contribution in [0.25, 0.3) is 0 Å². The number of hydrogen-bond acceptors (Lipinski definition) is 17. The topological polar surface area (TPSA) is 334 Å². The minimum Gasteiger partial charge on any atom is -0.478 e. The van der Waals surface area contributed by atoms with Crippen molar-refractivity contribution in [3.05, 3.63) is 144 Å². The number of carboxylic acid groups (broad SMARTS) is 1. The maximum Gasteiger partial charge on any atom is 0.341 e. The smallest absolute Gasteiger partial charge is 0.341 e. The van der Waals surface area contributed by atoms with Crippen molar-refractivity contribution < 1.29 is 68.4 Å². The van der Waals surface area contributed by atoms with Crippen LogP contribution in [0, 0.1) is 0 Å². The Morgan fingerprint density at radius 1 is 0.447 bits per heavy atom. The predicted molar refractivity (Wildman–Crippen MR) is 286 cm³/mol. The summed E-state index contributed by atoms with van der Waals surface area (Å²) in [4.78, 5) is 36.3. The van der Waals surface area contributed by atoms with Gasteiger partial charge in [-0.3, -0.25) is 0 Å². The maximum absolute atomic E-state index is 13.2. The number of carboxylic acids is 1. The number of primary sulfonamides is 3. The van der Waals surface area contributed by atoms with Gasteiger partial charge in [0.15, 0.2) is 17.2 Å². The molecule has 0 bridgehead atoms. The second-order valence-corrected chi connectivity index (χ2v) is 21.2. The van der Waals surface area contributed by atoms with E-state index in [1.54, 1.807) is 91.0 Å². The van der Waals surface area contributed by atoms with Gasteiger partial charge in [0.2, 0.25) is 36.9 Å². The summed E-state index contributed by atoms with van der Waals surface area (Å²) in [6, 6.07) is 32.4. The van der Waals surface area contributed by atoms with Crippen molar-refractivity contribution >= 4 is 65.0 Å². The average Bonchev–Trinajstić information content (AvgIpc) is 3.38. The molecule has 6 rings (SSSR count). The number of anilines is 3. The van der Waals surface area contributed by atoms with Crippen LogP contribution in [0.3, 0.4) is 0 Å². The first-order valence-corrected chi connectivity index (χ1v) is 28.4. The first-order chi connectivity index (χ1) is 36.1. The van der Waals surface area contributed by atoms with Crippen molar-refractivity contribution in [1.82, 2.24) is 0 Å². The van der Waals surface area contributed by atoms with Crippen molar-refractivity contribution in [2.45, 2.75) is 74.0 Å². The van der Waals surface area contributed by atoms with Gasteiger partial charge in [-0.15, -0.1) is 0 Å². The summed E-state index contributed by atoms with van der Waals surface area (Å²) in [5.74, 6) is -2.52. The molecule has 0 aliphatic carbocycles. The van der Waals surface area contributed by atoms with E-state index in [1.807, 2.05) is 20.8 Å². The van der Waals surface area contributed by atoms with Crippen LogP contribution in [0.15, 0.2) is 142 Å². The van der Waals surface area contributed by atoms with E-state index in [9.17, 15) is 44.7 Å². The third kappa shape index (κ3) is 17.4. The minimum absolute atomic E-state index is 0.0187. The number of carbonyl (C=O) groups is 3. The molecule has 0 aliphatic rings. The zero-order valence-electron chi connectivity index (χ0n) is 41.8. The lowest BCUT2D eigenvalue weighted by Gasteiger charge is -2.18. The second-order valence-electron chi connectivity index (χ2n) is 16.6. The van der Waals surface area contributed by atoms with Crippen LogP contribution >= 0.6 is 0 Å². The Morgan fingerprint density at radius 3 is 0.987 bits per heavy atom. The molecule has 0 saturated heterocycles. The Bertz CT molecular complexity index is 3150. The average molecular weight is 1110 g/mol. The number of unbranched alkanes of at least 4 members (excludes halogenated alkanes) is 3. The molecule has 10 N–H and O–H groups in total. The number of aromatic carboxylic acids is 1. The highest BCUT2D eigenvalue weighted by Gasteiger charge is 2.28. The normalized spacial score (nSPS) is 11.3. The molecule has 21 nitrogen and oxygen atoms in total. The Labute approximate surface area is 441 Å². The lowest BCUT2D eigenvalue weighted by Crippen LogP contribution is -2.18. The third-order valence-corrected chi connectivity index (χ3v) is 13.4. The van der Waals surface area contributed by atoms with Gasteiger partial charge in [-0.2, -0.15) is 0 Å². The zero-order chi connectivity index (χ0) is 55.5. The SMILES string of the molecule is CCCCNc1cc(C(=O)O)cc(S(N)(=O)=O)c1Oc1ccccc1.CCCCNc1cc(C(=O)OCOC(=O)c2cc(NCCCC)c(Oc3ccccc3)c(S(N)(=O)=O)c2)cc(S(N)(=O)=O)c1Oc1ccccc1. The van der Waals surface area contributed by atoms with Gasteiger partial charge in [-0.1, -0.05) is 94.6 Å². The zero-order valence-corrected chi connectivity index (χ0v) is 44.3. The second kappa shape index (κ2) is 27.7. The van der Waals surface area contributed by atoms with Crippen LogP contribution in [-0.4, -0.2) is 74.7 Å². The van der Waals surface area contributed by atoms with Crippen molar-refractivity contribution in [1.29, 1.82) is 0 Å². The van der Waals surface area contributed by atoms with Crippen LogP contribution in [-0.2, 0) is 39.5 Å². The van der Waals surface area contributed by atoms with E-state index in [4.69, 9.17) is 39.1 Å². The van der Waals surface area contributed by atoms with Crippen molar-refractivity contribution in [3.8, 4) is 34.5 Å². The summed E-state index contributed by atoms with van der Waals surface area (Å²) in [6.07, 6.45) is 4.85. The monoisotopic (exact) mass is 1100 g/mol. The van der Waals surface area contributed by atoms with Crippen molar-refractivity contribution in [2.75, 3.05) is 42.4 Å². The number of ether oxygens (including phenoxy) is 5. The van der Waals surface area contributed by atoms with Gasteiger partial charge in [0.25, 0.3) is 0 Å². The molecule has 6 aromatic rings. The molecular weight excluding hydrogens is 1040 g/mol. The molecule has 0 radical (unpaired) electrons. The van der Waals surface area contributed by atoms with E-state index in [0.29, 0.717) is 36.9 Å². The van der Waals surface area contributed by atoms with Crippen molar-refractivity contribution in [2.24, 2.45) is 15.4 Å². The van der Waals surface area contributed by atoms with Gasteiger partial charge in [0, 0.05) is 19.6 Å². The molecule has 24 heteroatoms. The van der Waals surface area contributed by atoms with E-state index in [2.05, 4.69) is 16.0 Å². The largest absolute Gasteiger partial charge is 0.478 e. The lowest BCUT2D eigenvalue weighted by molar-refractivity contribution is -0.0168. The summed E-state index contributed by atoms with van der Waals surface area (Å²) in [7, 11) is -13.0. The highest BCUT2D eigenvalue weighted by Crippen LogP contribution is 2.40. The van der Waals surface area contributed by atoms with Gasteiger partial charge in [0.05, 0.1) is 33.8 Å². The van der Waals surface area contributed by atoms with Crippen LogP contribution in [0.4, 0.5) is 17.1 Å². The molecule has 406 valence electrons. The maximum atomic E-state index is 13.2. The fraction of sp³-hybridized carbons (Fsp3) is 0.250. The lowest BCUT2D eigenvalue weighted by atomic mass is 10.1. The number of esters is 2. The molecular formula is C52H60N6O15S3. The fourth-order valence-corrected chi connectivity index (χ4v) is 8.94. The van der Waals surface area contributed by atoms with E-state index < -0.39 is 64.6 Å². The number of benzene rings is 6. The molecule has 0 atom stereocenters. The Balaban J connectivity index is 0.000000356. The summed E-state index contributed by atoms with van der Waals surface area (Å²) >= 11 is 0. The highest BCUT2D eigenvalue weighted by molar-refractivity contribution is 7.89. The number of carbonyl (C=O) groups excluding carboxylic acids is 2. The van der Waals surface area contributed by atoms with E-state index in [-0.39, 0.29) is 55.9 Å². The minimum atomic E-state index is -4.42. The molecule has 6 aromatic carbocycles. The van der Waals surface area contributed by atoms with Gasteiger partial charge < -0.3 is 44.7 Å². The van der Waals surface area contributed by atoms with Gasteiger partial charge >= 0.3 is 17.9 Å². The van der Waals surface area contributed by atoms with E-state index >= 15 is 0 Å². The molecule has 0 unspecified atom stereocenters. The molecule has 76 heavy (non-hydrogen) atoms. The number of nitrogens with one attached hydrogen (secondary N) is 3. The fourth-order valence-electron chi connectivity index (χ4n) is 6.83. The number of hydrogen-bond donors (Lipinski definition) is 7. The van der Waals surface area contributed by atoms with Crippen LogP contribution in [0.2, 0.25) is 0 Å². The van der Waals surface area contributed by atoms with Crippen LogP contribution in [0.1, 0.15) is 90.4 Å². The Morgan fingerprint density at radius 2 is 0.724 bits per heavy atom. The Kier molecular flexibility index (Phi) is 21.6. The molecule has 0 aliphatic heterocycles. The molecule has 0 saturated carbocycles. The molecule has 0 amide bonds. The summed E-state index contributed by atoms with van der Waals surface area (Å²) in [6.45, 7) is 6.43. The molecule has 0 spiro atoms. The highest BCUT2D eigenvalue weighted by atomic mass is 32.2. The molecule has 0 heterocycles. The van der Waals surface area contributed by atoms with Gasteiger partial charge in [0.1, 0.15) is 31.9 Å². The number of sulfonamides is 3. The summed E-state index contributed by atoms with van der Waals surface area (Å²) in [5.41, 5.74) is -0.0466. The summed E-state index contributed by atoms with van der Waals surface area (Å²) < 4.78 is 103. The van der Waals surface area contributed by atoms with Gasteiger partial charge in [-0.25, -0.2) is 55.1 Å². The van der Waals surface area contributed by atoms with Crippen LogP contribution < -0.4 is 45.6 Å². The quantitative estimate of drug-likeness (QED) is 0.0151. The van der Waals surface area contributed by atoms with E-state index in [1.165, 1.54) is 18.2 Å². The van der Waals surface area contributed by atoms with Crippen molar-refractivity contribution in [3.63, 3.8) is 0 Å². The molecule has 0 fully saturated rings. The van der Waals surface area contributed by atoms with Gasteiger partial charge in [-0.05, 0) is 92.1 Å². The van der Waals surface area contributed by atoms with E-state index in [0.717, 1.165) is 56.7 Å². The standard InChI is InChI=1S/C35H40N4O10S2.C17H20N2O5S/c1-3-5-17-38-28-19-24(21-30(50(36,42)43)32(28)48-26-13-9-7-10-14-26)34(40)46-23-47-35(41)25-20-29(39-18-6-4-2)33(31(22-25)51(37,44)45)49-27-15-11-8-12-16-27;1-2-3-9-19-14-10-12(17(20)21)11-15(25(18,22)23)16(14)24-13-7-5-4-6-8-13/h7-16,19-22,38-39H,3-6,17-18,23H2,1-2H3,(H2,36,42,43)(H2,37,44,45);4-8,10-11,19H,2-3,9H2,1H3,(H,20,21)(H2,18,22,23).